The van der Waals surface area contributed by atoms with Gasteiger partial charge in [-0.1, -0.05) is 27.7 Å². The van der Waals surface area contributed by atoms with Crippen LogP contribution in [0, 0.1) is 17.1 Å². The molecule has 1 aliphatic rings. The van der Waals surface area contributed by atoms with Crippen LogP contribution in [-0.4, -0.2) is 44.5 Å². The Morgan fingerprint density at radius 2 is 1.75 bits per heavy atom. The summed E-state index contributed by atoms with van der Waals surface area (Å²) in [5.41, 5.74) is 0.511. The quantitative estimate of drug-likeness (QED) is 0.398. The maximum absolute atomic E-state index is 14.2. The summed E-state index contributed by atoms with van der Waals surface area (Å²) >= 11 is 0. The average molecular weight is 474 g/mol. The number of halogens is 1. The summed E-state index contributed by atoms with van der Waals surface area (Å²) in [6.07, 6.45) is 3.09. The Hall–Kier alpha value is -1.47. The second-order valence-electron chi connectivity index (χ2n) is 8.75. The van der Waals surface area contributed by atoms with Crippen molar-refractivity contribution in [2.45, 2.75) is 91.4 Å². The summed E-state index contributed by atoms with van der Waals surface area (Å²) < 4.78 is 48.9. The lowest BCUT2D eigenvalue weighted by Crippen LogP contribution is -2.42. The monoisotopic (exact) mass is 473 g/mol. The number of benzene rings is 1. The molecule has 0 spiro atoms. The molecule has 1 saturated carbocycles. The maximum atomic E-state index is 14.2. The maximum Gasteiger partial charge on any atom is 0.161 e. The number of rotatable bonds is 10. The topological polar surface area (TPSA) is 76.5 Å². The molecule has 0 bridgehead atoms. The highest BCUT2D eigenvalue weighted by Crippen LogP contribution is 2.32. The molecule has 5 nitrogen and oxygen atoms in total. The molecular formula is C25H44FNO4S. The van der Waals surface area contributed by atoms with Crippen LogP contribution < -0.4 is 4.74 Å². The molecule has 1 aromatic carbocycles. The molecule has 1 fully saturated rings. The van der Waals surface area contributed by atoms with Crippen LogP contribution in [0.3, 0.4) is 0 Å². The SMILES string of the molecule is CC.CCC(=N)C(C)(C)S(=O)(=O)CC(C)c1cc(OCC2CC2)ccc1F.COC(C)C. The van der Waals surface area contributed by atoms with E-state index in [1.165, 1.54) is 18.9 Å². The van der Waals surface area contributed by atoms with Gasteiger partial charge in [0.15, 0.2) is 9.84 Å². The highest BCUT2D eigenvalue weighted by Gasteiger charge is 2.38. The van der Waals surface area contributed by atoms with Crippen molar-refractivity contribution in [3.63, 3.8) is 0 Å². The van der Waals surface area contributed by atoms with Gasteiger partial charge in [0, 0.05) is 12.8 Å². The fourth-order valence-corrected chi connectivity index (χ4v) is 4.50. The minimum Gasteiger partial charge on any atom is -0.493 e. The van der Waals surface area contributed by atoms with Gasteiger partial charge in [-0.3, -0.25) is 0 Å². The summed E-state index contributed by atoms with van der Waals surface area (Å²) in [7, 11) is -1.90. The molecular weight excluding hydrogens is 429 g/mol. The zero-order valence-corrected chi connectivity index (χ0v) is 22.2. The van der Waals surface area contributed by atoms with Crippen LogP contribution in [0.5, 0.6) is 5.75 Å². The van der Waals surface area contributed by atoms with E-state index in [0.717, 1.165) is 0 Å². The van der Waals surface area contributed by atoms with Crippen LogP contribution in [0.25, 0.3) is 0 Å². The number of hydrogen-bond acceptors (Lipinski definition) is 5. The molecule has 0 aromatic heterocycles. The molecule has 1 aromatic rings. The van der Waals surface area contributed by atoms with Crippen LogP contribution in [0.1, 0.15) is 86.1 Å². The van der Waals surface area contributed by atoms with E-state index < -0.39 is 26.3 Å². The Kier molecular flexibility index (Phi) is 13.3. The van der Waals surface area contributed by atoms with Crippen LogP contribution >= 0.6 is 0 Å². The number of nitrogens with one attached hydrogen (secondary N) is 1. The van der Waals surface area contributed by atoms with Crippen molar-refractivity contribution in [1.82, 2.24) is 0 Å². The van der Waals surface area contributed by atoms with Gasteiger partial charge in [-0.15, -0.1) is 0 Å². The van der Waals surface area contributed by atoms with E-state index >= 15 is 0 Å². The Morgan fingerprint density at radius 1 is 1.22 bits per heavy atom. The van der Waals surface area contributed by atoms with E-state index in [1.807, 2.05) is 27.7 Å². The molecule has 0 saturated heterocycles. The number of methoxy groups -OCH3 is 1. The van der Waals surface area contributed by atoms with Gasteiger partial charge in [-0.05, 0) is 82.6 Å². The summed E-state index contributed by atoms with van der Waals surface area (Å²) in [5.74, 6) is 0.0225. The van der Waals surface area contributed by atoms with E-state index in [4.69, 9.17) is 14.9 Å². The van der Waals surface area contributed by atoms with Crippen molar-refractivity contribution in [2.75, 3.05) is 19.5 Å². The lowest BCUT2D eigenvalue weighted by molar-refractivity contribution is 0.134. The molecule has 0 heterocycles. The van der Waals surface area contributed by atoms with Gasteiger partial charge in [-0.2, -0.15) is 0 Å². The summed E-state index contributed by atoms with van der Waals surface area (Å²) in [6.45, 7) is 15.2. The molecule has 0 radical (unpaired) electrons. The fraction of sp³-hybridized carbons (Fsp3) is 0.720. The highest BCUT2D eigenvalue weighted by molar-refractivity contribution is 7.93. The van der Waals surface area contributed by atoms with Gasteiger partial charge in [0.1, 0.15) is 16.3 Å². The first-order chi connectivity index (χ1) is 14.9. The van der Waals surface area contributed by atoms with E-state index in [1.54, 1.807) is 46.9 Å². The molecule has 7 heteroatoms. The molecule has 186 valence electrons. The third-order valence-corrected chi connectivity index (χ3v) is 8.22. The van der Waals surface area contributed by atoms with E-state index in [9.17, 15) is 12.8 Å². The van der Waals surface area contributed by atoms with Gasteiger partial charge < -0.3 is 14.9 Å². The molecule has 1 atom stereocenters. The first kappa shape index (κ1) is 30.5. The Bertz CT molecular complexity index is 802. The Labute approximate surface area is 195 Å². The number of ether oxygens (including phenoxy) is 2. The zero-order valence-electron chi connectivity index (χ0n) is 21.4. The standard InChI is InChI=1S/C19H28FNO3S.C4H10O.C2H6/c1-5-18(21)19(3,4)25(22,23)12-13(2)16-10-15(8-9-17(16)20)24-11-14-6-7-14;1-4(2)5-3;1-2/h8-10,13-14,21H,5-7,11-12H2,1-4H3;4H,1-3H3;1-2H3. The second-order valence-corrected chi connectivity index (χ2v) is 11.3. The van der Waals surface area contributed by atoms with E-state index in [-0.39, 0.29) is 11.5 Å². The smallest absolute Gasteiger partial charge is 0.161 e. The molecule has 0 aliphatic heterocycles. The van der Waals surface area contributed by atoms with Crippen LogP contribution in [0.2, 0.25) is 0 Å². The van der Waals surface area contributed by atoms with Gasteiger partial charge in [0.2, 0.25) is 0 Å². The molecule has 2 rings (SSSR count). The average Bonchev–Trinajstić information content (AvgIpc) is 3.58. The predicted molar refractivity (Wildman–Crippen MR) is 132 cm³/mol. The van der Waals surface area contributed by atoms with Gasteiger partial charge in [0.25, 0.3) is 0 Å². The number of sulfone groups is 1. The molecule has 0 amide bonds. The third kappa shape index (κ3) is 9.57. The first-order valence-electron chi connectivity index (χ1n) is 11.6. The lowest BCUT2D eigenvalue weighted by atomic mass is 10.0. The molecule has 1 unspecified atom stereocenters. The normalized spacial score (nSPS) is 14.6. The van der Waals surface area contributed by atoms with E-state index in [0.29, 0.717) is 36.4 Å². The molecule has 1 aliphatic carbocycles. The lowest BCUT2D eigenvalue weighted by Gasteiger charge is -2.27. The largest absolute Gasteiger partial charge is 0.493 e. The van der Waals surface area contributed by atoms with Crippen molar-refractivity contribution < 1.29 is 22.3 Å². The van der Waals surface area contributed by atoms with Crippen molar-refractivity contribution in [3.05, 3.63) is 29.6 Å². The minimum atomic E-state index is -3.60. The fourth-order valence-electron chi connectivity index (χ4n) is 2.73. The van der Waals surface area contributed by atoms with Gasteiger partial charge >= 0.3 is 0 Å². The van der Waals surface area contributed by atoms with Crippen LogP contribution in [0.15, 0.2) is 18.2 Å². The summed E-state index contributed by atoms with van der Waals surface area (Å²) in [4.78, 5) is 0. The van der Waals surface area contributed by atoms with Crippen molar-refractivity contribution in [2.24, 2.45) is 5.92 Å². The molecule has 32 heavy (non-hydrogen) atoms. The third-order valence-electron chi connectivity index (χ3n) is 5.48. The van der Waals surface area contributed by atoms with Crippen molar-refractivity contribution in [1.29, 1.82) is 5.41 Å². The van der Waals surface area contributed by atoms with Gasteiger partial charge in [0.05, 0.1) is 18.5 Å². The van der Waals surface area contributed by atoms with Crippen LogP contribution in [0.4, 0.5) is 4.39 Å². The number of hydrogen-bond donors (Lipinski definition) is 1. The summed E-state index contributed by atoms with van der Waals surface area (Å²) in [5, 5.41) is 7.95. The Balaban J connectivity index is 0.00000121. The van der Waals surface area contributed by atoms with Crippen LogP contribution in [-0.2, 0) is 14.6 Å². The van der Waals surface area contributed by atoms with Gasteiger partial charge in [-0.25, -0.2) is 12.8 Å². The highest BCUT2D eigenvalue weighted by atomic mass is 32.2. The minimum absolute atomic E-state index is 0.168. The van der Waals surface area contributed by atoms with E-state index in [2.05, 4.69) is 0 Å². The summed E-state index contributed by atoms with van der Waals surface area (Å²) in [6, 6.07) is 4.52. The zero-order chi connectivity index (χ0) is 25.1. The molecule has 1 N–H and O–H groups in total. The van der Waals surface area contributed by atoms with Crippen molar-refractivity contribution >= 4 is 15.5 Å². The second kappa shape index (κ2) is 13.9. The predicted octanol–water partition coefficient (Wildman–Crippen LogP) is 6.41. The van der Waals surface area contributed by atoms with Crippen molar-refractivity contribution in [3.8, 4) is 5.75 Å². The first-order valence-corrected chi connectivity index (χ1v) is 13.3. The Morgan fingerprint density at radius 3 is 2.19 bits per heavy atom.